The Morgan fingerprint density at radius 1 is 0.939 bits per heavy atom. The van der Waals surface area contributed by atoms with Gasteiger partial charge in [0.25, 0.3) is 5.91 Å². The lowest BCUT2D eigenvalue weighted by molar-refractivity contribution is 0.102. The van der Waals surface area contributed by atoms with Gasteiger partial charge in [-0.3, -0.25) is 9.59 Å². The first kappa shape index (κ1) is 21.9. The van der Waals surface area contributed by atoms with E-state index in [0.717, 1.165) is 5.56 Å². The lowest BCUT2D eigenvalue weighted by Crippen LogP contribution is -2.25. The van der Waals surface area contributed by atoms with Gasteiger partial charge >= 0.3 is 0 Å². The number of aromatic nitrogens is 2. The molecule has 0 saturated heterocycles. The Balaban J connectivity index is 1.78. The number of benzene rings is 2. The van der Waals surface area contributed by atoms with Crippen LogP contribution in [0.3, 0.4) is 0 Å². The number of ether oxygens (including phenoxy) is 3. The van der Waals surface area contributed by atoms with Crippen LogP contribution in [0.15, 0.2) is 71.7 Å². The summed E-state index contributed by atoms with van der Waals surface area (Å²) in [6, 6.07) is 18.2. The fourth-order valence-electron chi connectivity index (χ4n) is 3.54. The Labute approximate surface area is 190 Å². The molecule has 0 unspecified atom stereocenters. The number of rotatable bonds is 7. The molecule has 0 spiro atoms. The van der Waals surface area contributed by atoms with Crippen molar-refractivity contribution in [3.63, 3.8) is 0 Å². The zero-order chi connectivity index (χ0) is 23.4. The van der Waals surface area contributed by atoms with Crippen LogP contribution in [0.5, 0.6) is 17.4 Å². The number of hydrogen-bond donors (Lipinski definition) is 1. The summed E-state index contributed by atoms with van der Waals surface area (Å²) in [4.78, 5) is 30.7. The van der Waals surface area contributed by atoms with Gasteiger partial charge in [0.05, 0.1) is 26.8 Å². The van der Waals surface area contributed by atoms with E-state index in [2.05, 4.69) is 10.3 Å². The fourth-order valence-corrected chi connectivity index (χ4v) is 3.54. The second-order valence-corrected chi connectivity index (χ2v) is 7.23. The number of carbonyl (C=O) groups is 1. The summed E-state index contributed by atoms with van der Waals surface area (Å²) in [5.41, 5.74) is 1.73. The van der Waals surface area contributed by atoms with Gasteiger partial charge in [-0.2, -0.15) is 0 Å². The van der Waals surface area contributed by atoms with Crippen molar-refractivity contribution in [2.24, 2.45) is 0 Å². The molecule has 2 aromatic heterocycles. The molecule has 4 rings (SSSR count). The molecular weight excluding hydrogens is 422 g/mol. The molecule has 0 aliphatic carbocycles. The summed E-state index contributed by atoms with van der Waals surface area (Å²) in [5.74, 6) is 0.730. The highest BCUT2D eigenvalue weighted by atomic mass is 16.5. The molecule has 2 heterocycles. The van der Waals surface area contributed by atoms with E-state index < -0.39 is 11.3 Å². The van der Waals surface area contributed by atoms with Gasteiger partial charge in [0.1, 0.15) is 11.1 Å². The fraction of sp³-hybridized carbons (Fsp3) is 0.160. The largest absolute Gasteiger partial charge is 0.493 e. The third kappa shape index (κ3) is 4.50. The van der Waals surface area contributed by atoms with E-state index in [0.29, 0.717) is 35.1 Å². The monoisotopic (exact) mass is 445 g/mol. The molecule has 4 aromatic rings. The second kappa shape index (κ2) is 9.44. The summed E-state index contributed by atoms with van der Waals surface area (Å²) in [6.07, 6.45) is 1.56. The number of pyridine rings is 2. The van der Waals surface area contributed by atoms with Crippen molar-refractivity contribution in [2.45, 2.75) is 6.54 Å². The Bertz CT molecular complexity index is 1370. The average Bonchev–Trinajstić information content (AvgIpc) is 2.85. The number of nitrogens with one attached hydrogen (secondary N) is 1. The SMILES string of the molecule is COc1ccc2c(n1)c(=O)c(C(=O)Nc1ccc(OC)c(OC)c1)cn2Cc1ccccc1. The van der Waals surface area contributed by atoms with Crippen LogP contribution in [0.4, 0.5) is 5.69 Å². The van der Waals surface area contributed by atoms with Gasteiger partial charge < -0.3 is 24.1 Å². The first-order valence-electron chi connectivity index (χ1n) is 10.2. The Morgan fingerprint density at radius 3 is 2.39 bits per heavy atom. The van der Waals surface area contributed by atoms with Crippen LogP contribution < -0.4 is 25.0 Å². The molecule has 0 atom stereocenters. The van der Waals surface area contributed by atoms with Crippen molar-refractivity contribution in [2.75, 3.05) is 26.6 Å². The molecule has 0 aliphatic heterocycles. The zero-order valence-electron chi connectivity index (χ0n) is 18.5. The minimum absolute atomic E-state index is 0.0334. The zero-order valence-corrected chi connectivity index (χ0v) is 18.5. The molecule has 1 amide bonds. The maximum atomic E-state index is 13.2. The summed E-state index contributed by atoms with van der Waals surface area (Å²) >= 11 is 0. The molecular formula is C25H23N3O5. The van der Waals surface area contributed by atoms with Crippen LogP contribution in [0.2, 0.25) is 0 Å². The standard InChI is InChI=1S/C25H23N3O5/c1-31-20-11-9-17(13-21(20)32-2)26-25(30)18-15-28(14-16-7-5-4-6-8-16)19-10-12-22(33-3)27-23(19)24(18)29/h4-13,15H,14H2,1-3H3,(H,26,30). The van der Waals surface area contributed by atoms with Crippen molar-refractivity contribution in [1.29, 1.82) is 0 Å². The predicted molar refractivity (Wildman–Crippen MR) is 126 cm³/mol. The molecule has 168 valence electrons. The van der Waals surface area contributed by atoms with E-state index >= 15 is 0 Å². The number of nitrogens with zero attached hydrogens (tertiary/aromatic N) is 2. The van der Waals surface area contributed by atoms with Gasteiger partial charge in [0.2, 0.25) is 11.3 Å². The predicted octanol–water partition coefficient (Wildman–Crippen LogP) is 3.72. The first-order valence-corrected chi connectivity index (χ1v) is 10.2. The number of carbonyl (C=O) groups excluding carboxylic acids is 1. The van der Waals surface area contributed by atoms with E-state index in [1.54, 1.807) is 36.5 Å². The normalized spacial score (nSPS) is 10.6. The molecule has 0 saturated carbocycles. The van der Waals surface area contributed by atoms with Crippen LogP contribution >= 0.6 is 0 Å². The molecule has 0 bridgehead atoms. The van der Waals surface area contributed by atoms with E-state index in [-0.39, 0.29) is 11.1 Å². The van der Waals surface area contributed by atoms with Crippen LogP contribution in [-0.2, 0) is 6.54 Å². The van der Waals surface area contributed by atoms with Crippen LogP contribution in [0.25, 0.3) is 11.0 Å². The first-order chi connectivity index (χ1) is 16.0. The quantitative estimate of drug-likeness (QED) is 0.466. The maximum absolute atomic E-state index is 13.2. The van der Waals surface area contributed by atoms with Gasteiger partial charge in [-0.1, -0.05) is 30.3 Å². The molecule has 2 aromatic carbocycles. The van der Waals surface area contributed by atoms with Crippen molar-refractivity contribution < 1.29 is 19.0 Å². The molecule has 0 aliphatic rings. The summed E-state index contributed by atoms with van der Waals surface area (Å²) in [7, 11) is 4.51. The number of anilines is 1. The average molecular weight is 445 g/mol. The van der Waals surface area contributed by atoms with Crippen molar-refractivity contribution in [1.82, 2.24) is 9.55 Å². The van der Waals surface area contributed by atoms with Crippen molar-refractivity contribution >= 4 is 22.6 Å². The summed E-state index contributed by atoms with van der Waals surface area (Å²) < 4.78 is 17.6. The Kier molecular flexibility index (Phi) is 6.26. The smallest absolute Gasteiger partial charge is 0.261 e. The molecule has 1 N–H and O–H groups in total. The van der Waals surface area contributed by atoms with Crippen LogP contribution in [0.1, 0.15) is 15.9 Å². The minimum atomic E-state index is -0.555. The lowest BCUT2D eigenvalue weighted by Gasteiger charge is -2.14. The molecule has 0 fully saturated rings. The number of hydrogen-bond acceptors (Lipinski definition) is 6. The van der Waals surface area contributed by atoms with Gasteiger partial charge in [-0.05, 0) is 23.8 Å². The Morgan fingerprint density at radius 2 is 1.70 bits per heavy atom. The highest BCUT2D eigenvalue weighted by Gasteiger charge is 2.18. The van der Waals surface area contributed by atoms with Crippen LogP contribution in [0, 0.1) is 0 Å². The summed E-state index contributed by atoms with van der Waals surface area (Å²) in [5, 5.41) is 2.76. The molecule has 0 radical (unpaired) electrons. The topological polar surface area (TPSA) is 91.7 Å². The molecule has 8 heteroatoms. The van der Waals surface area contributed by atoms with Gasteiger partial charge in [0, 0.05) is 30.6 Å². The van der Waals surface area contributed by atoms with Gasteiger partial charge in [-0.25, -0.2) is 4.98 Å². The van der Waals surface area contributed by atoms with E-state index in [4.69, 9.17) is 14.2 Å². The summed E-state index contributed by atoms with van der Waals surface area (Å²) in [6.45, 7) is 0.461. The Hall–Kier alpha value is -4.33. The highest BCUT2D eigenvalue weighted by molar-refractivity contribution is 6.05. The van der Waals surface area contributed by atoms with E-state index in [1.807, 2.05) is 34.9 Å². The van der Waals surface area contributed by atoms with E-state index in [1.165, 1.54) is 21.3 Å². The van der Waals surface area contributed by atoms with Crippen molar-refractivity contribution in [3.8, 4) is 17.4 Å². The maximum Gasteiger partial charge on any atom is 0.261 e. The molecule has 8 nitrogen and oxygen atoms in total. The number of amides is 1. The van der Waals surface area contributed by atoms with Gasteiger partial charge in [0.15, 0.2) is 11.5 Å². The van der Waals surface area contributed by atoms with Crippen molar-refractivity contribution in [3.05, 3.63) is 88.2 Å². The molecule has 33 heavy (non-hydrogen) atoms. The highest BCUT2D eigenvalue weighted by Crippen LogP contribution is 2.30. The lowest BCUT2D eigenvalue weighted by atomic mass is 10.1. The minimum Gasteiger partial charge on any atom is -0.493 e. The third-order valence-electron chi connectivity index (χ3n) is 5.19. The van der Waals surface area contributed by atoms with Gasteiger partial charge in [-0.15, -0.1) is 0 Å². The van der Waals surface area contributed by atoms with E-state index in [9.17, 15) is 9.59 Å². The third-order valence-corrected chi connectivity index (χ3v) is 5.19. The number of fused-ring (bicyclic) bond motifs is 1. The number of methoxy groups -OCH3 is 3. The second-order valence-electron chi connectivity index (χ2n) is 7.23. The van der Waals surface area contributed by atoms with Crippen LogP contribution in [-0.4, -0.2) is 36.8 Å².